The zero-order valence-electron chi connectivity index (χ0n) is 15.7. The van der Waals surface area contributed by atoms with Crippen LogP contribution in [0.1, 0.15) is 31.2 Å². The van der Waals surface area contributed by atoms with Gasteiger partial charge in [-0.05, 0) is 37.3 Å². The number of carbonyl (C=O) groups is 1. The Morgan fingerprint density at radius 3 is 2.27 bits per heavy atom. The van der Waals surface area contributed by atoms with Crippen molar-refractivity contribution in [3.8, 4) is 11.1 Å². The van der Waals surface area contributed by atoms with Crippen molar-refractivity contribution in [3.05, 3.63) is 63.8 Å². The minimum Gasteiger partial charge on any atom is -0.509 e. The quantitative estimate of drug-likeness (QED) is 0.539. The van der Waals surface area contributed by atoms with Crippen molar-refractivity contribution in [1.82, 2.24) is 5.32 Å². The lowest BCUT2D eigenvalue weighted by Gasteiger charge is -2.37. The van der Waals surface area contributed by atoms with Gasteiger partial charge >= 0.3 is 6.18 Å². The summed E-state index contributed by atoms with van der Waals surface area (Å²) >= 11 is 13.0. The van der Waals surface area contributed by atoms with Crippen molar-refractivity contribution >= 4 is 34.7 Å². The Hall–Kier alpha value is -2.18. The molecule has 4 rings (SSSR count). The van der Waals surface area contributed by atoms with Gasteiger partial charge < -0.3 is 10.4 Å². The number of aliphatic hydroxyl groups is 1. The summed E-state index contributed by atoms with van der Waals surface area (Å²) in [4.78, 5) is 12.8. The van der Waals surface area contributed by atoms with Gasteiger partial charge in [-0.1, -0.05) is 59.6 Å². The molecule has 2 aliphatic rings. The highest BCUT2D eigenvalue weighted by Crippen LogP contribution is 2.49. The lowest BCUT2D eigenvalue weighted by molar-refractivity contribution is -0.184. The van der Waals surface area contributed by atoms with E-state index >= 15 is 0 Å². The van der Waals surface area contributed by atoms with Crippen LogP contribution in [0, 0.1) is 5.92 Å². The molecule has 0 unspecified atom stereocenters. The van der Waals surface area contributed by atoms with Gasteiger partial charge in [0, 0.05) is 11.1 Å². The van der Waals surface area contributed by atoms with Crippen LogP contribution in [-0.2, 0) is 4.79 Å². The van der Waals surface area contributed by atoms with Gasteiger partial charge in [0.05, 0.1) is 27.1 Å². The van der Waals surface area contributed by atoms with Crippen LogP contribution >= 0.6 is 23.2 Å². The summed E-state index contributed by atoms with van der Waals surface area (Å²) in [5.41, 5.74) is 0.326. The topological polar surface area (TPSA) is 49.3 Å². The average Bonchev–Trinajstić information content (AvgIpc) is 2.93. The standard InChI is InChI=1S/C22H18Cl2F3NO2/c23-15-7-6-14(12-4-2-1-3-5-12)18(24)16(15)17-19(29)21(28-20(17)30)10-8-13(9-11-21)22(25,26)27/h1-7,13,29H,8-11H2,(H,28,30). The number of halogens is 5. The number of amides is 1. The number of hydrogen-bond acceptors (Lipinski definition) is 2. The van der Waals surface area contributed by atoms with E-state index in [-0.39, 0.29) is 52.6 Å². The summed E-state index contributed by atoms with van der Waals surface area (Å²) in [5.74, 6) is -2.32. The first-order chi connectivity index (χ1) is 14.1. The SMILES string of the molecule is O=C1NC2(CCC(C(F)(F)F)CC2)C(O)=C1c1c(Cl)ccc(-c2ccccc2)c1Cl. The normalized spacial score (nSPS) is 24.4. The number of alkyl halides is 3. The highest BCUT2D eigenvalue weighted by atomic mass is 35.5. The minimum absolute atomic E-state index is 0.00807. The van der Waals surface area contributed by atoms with Crippen molar-refractivity contribution < 1.29 is 23.1 Å². The summed E-state index contributed by atoms with van der Waals surface area (Å²) in [6.07, 6.45) is -4.65. The van der Waals surface area contributed by atoms with Crippen molar-refractivity contribution in [2.75, 3.05) is 0 Å². The maximum absolute atomic E-state index is 13.0. The minimum atomic E-state index is -4.29. The summed E-state index contributed by atoms with van der Waals surface area (Å²) in [7, 11) is 0. The first kappa shape index (κ1) is 21.1. The molecule has 0 bridgehead atoms. The van der Waals surface area contributed by atoms with Crippen LogP contribution in [0.4, 0.5) is 13.2 Å². The Balaban J connectivity index is 1.77. The molecule has 3 nitrogen and oxygen atoms in total. The van der Waals surface area contributed by atoms with E-state index in [1.807, 2.05) is 30.3 Å². The molecule has 8 heteroatoms. The molecule has 1 aliphatic heterocycles. The summed E-state index contributed by atoms with van der Waals surface area (Å²) in [5, 5.41) is 14.1. The molecule has 30 heavy (non-hydrogen) atoms. The van der Waals surface area contributed by atoms with Crippen molar-refractivity contribution in [1.29, 1.82) is 0 Å². The largest absolute Gasteiger partial charge is 0.509 e. The maximum Gasteiger partial charge on any atom is 0.391 e. The molecule has 0 aromatic heterocycles. The third-order valence-electron chi connectivity index (χ3n) is 6.00. The van der Waals surface area contributed by atoms with E-state index in [4.69, 9.17) is 23.2 Å². The van der Waals surface area contributed by atoms with Gasteiger partial charge in [-0.2, -0.15) is 13.2 Å². The lowest BCUT2D eigenvalue weighted by atomic mass is 9.75. The molecule has 0 saturated heterocycles. The molecule has 1 spiro atoms. The van der Waals surface area contributed by atoms with E-state index in [0.717, 1.165) is 5.56 Å². The first-order valence-corrected chi connectivity index (χ1v) is 10.3. The molecular weight excluding hydrogens is 438 g/mol. The van der Waals surface area contributed by atoms with Gasteiger partial charge in [0.2, 0.25) is 0 Å². The van der Waals surface area contributed by atoms with Gasteiger partial charge in [-0.15, -0.1) is 0 Å². The molecule has 1 heterocycles. The number of nitrogens with one attached hydrogen (secondary N) is 1. The van der Waals surface area contributed by atoms with E-state index < -0.39 is 23.5 Å². The fraction of sp³-hybridized carbons (Fsp3) is 0.318. The van der Waals surface area contributed by atoms with Crippen LogP contribution in [0.25, 0.3) is 16.7 Å². The second-order valence-corrected chi connectivity index (χ2v) is 8.51. The predicted molar refractivity (Wildman–Crippen MR) is 110 cm³/mol. The van der Waals surface area contributed by atoms with Gasteiger partial charge in [0.25, 0.3) is 5.91 Å². The van der Waals surface area contributed by atoms with Crippen LogP contribution in [0.2, 0.25) is 10.0 Å². The molecule has 1 saturated carbocycles. The second-order valence-electron chi connectivity index (χ2n) is 7.73. The Labute approximate surface area is 181 Å². The van der Waals surface area contributed by atoms with E-state index in [2.05, 4.69) is 5.32 Å². The summed E-state index contributed by atoms with van der Waals surface area (Å²) in [6.45, 7) is 0. The van der Waals surface area contributed by atoms with Crippen LogP contribution < -0.4 is 5.32 Å². The third kappa shape index (κ3) is 3.46. The van der Waals surface area contributed by atoms with E-state index in [1.165, 1.54) is 0 Å². The van der Waals surface area contributed by atoms with E-state index in [0.29, 0.717) is 5.56 Å². The molecule has 0 radical (unpaired) electrons. The third-order valence-corrected chi connectivity index (χ3v) is 6.71. The Bertz CT molecular complexity index is 1030. The molecule has 2 aromatic carbocycles. The molecular formula is C22H18Cl2F3NO2. The van der Waals surface area contributed by atoms with Crippen LogP contribution in [0.3, 0.4) is 0 Å². The Morgan fingerprint density at radius 2 is 1.67 bits per heavy atom. The van der Waals surface area contributed by atoms with Gasteiger partial charge in [-0.25, -0.2) is 0 Å². The Kier molecular flexibility index (Phi) is 5.27. The lowest BCUT2D eigenvalue weighted by Crippen LogP contribution is -2.48. The van der Waals surface area contributed by atoms with Crippen molar-refractivity contribution in [3.63, 3.8) is 0 Å². The van der Waals surface area contributed by atoms with Crippen molar-refractivity contribution in [2.45, 2.75) is 37.4 Å². The van der Waals surface area contributed by atoms with Crippen molar-refractivity contribution in [2.24, 2.45) is 5.92 Å². The van der Waals surface area contributed by atoms with Crippen LogP contribution in [-0.4, -0.2) is 22.7 Å². The monoisotopic (exact) mass is 455 g/mol. The molecule has 158 valence electrons. The average molecular weight is 456 g/mol. The van der Waals surface area contributed by atoms with Gasteiger partial charge in [-0.3, -0.25) is 4.79 Å². The van der Waals surface area contributed by atoms with Gasteiger partial charge in [0.15, 0.2) is 0 Å². The Morgan fingerprint density at radius 1 is 1.03 bits per heavy atom. The maximum atomic E-state index is 13.0. The van der Waals surface area contributed by atoms with Gasteiger partial charge in [0.1, 0.15) is 5.76 Å². The second kappa shape index (κ2) is 7.50. The number of hydrogen-bond donors (Lipinski definition) is 2. The highest BCUT2D eigenvalue weighted by Gasteiger charge is 2.52. The van der Waals surface area contributed by atoms with E-state index in [1.54, 1.807) is 12.1 Å². The summed E-state index contributed by atoms with van der Waals surface area (Å²) in [6, 6.07) is 12.5. The smallest absolute Gasteiger partial charge is 0.391 e. The highest BCUT2D eigenvalue weighted by molar-refractivity contribution is 6.42. The predicted octanol–water partition coefficient (Wildman–Crippen LogP) is 6.55. The molecule has 1 fully saturated rings. The zero-order chi connectivity index (χ0) is 21.7. The first-order valence-electron chi connectivity index (χ1n) is 9.51. The number of rotatable bonds is 2. The molecule has 1 amide bonds. The van der Waals surface area contributed by atoms with E-state index in [9.17, 15) is 23.1 Å². The molecule has 2 aromatic rings. The number of benzene rings is 2. The van der Waals surface area contributed by atoms with Crippen LogP contribution in [0.5, 0.6) is 0 Å². The van der Waals surface area contributed by atoms with Crippen LogP contribution in [0.15, 0.2) is 48.2 Å². The molecule has 0 atom stereocenters. The number of carbonyl (C=O) groups excluding carboxylic acids is 1. The fourth-order valence-electron chi connectivity index (χ4n) is 4.34. The summed E-state index contributed by atoms with van der Waals surface area (Å²) < 4.78 is 39.1. The zero-order valence-corrected chi connectivity index (χ0v) is 17.2. The molecule has 1 aliphatic carbocycles. The fourth-order valence-corrected chi connectivity index (χ4v) is 5.01. The number of aliphatic hydroxyl groups excluding tert-OH is 1. The molecule has 2 N–H and O–H groups in total.